The van der Waals surface area contributed by atoms with Crippen LogP contribution >= 0.6 is 0 Å². The van der Waals surface area contributed by atoms with Crippen molar-refractivity contribution in [3.63, 3.8) is 0 Å². The van der Waals surface area contributed by atoms with Gasteiger partial charge in [0.05, 0.1) is 6.61 Å². The molecule has 0 fully saturated rings. The largest absolute Gasteiger partial charge is 0.395 e. The van der Waals surface area contributed by atoms with Crippen molar-refractivity contribution in [1.29, 1.82) is 0 Å². The number of aromatic nitrogens is 1. The van der Waals surface area contributed by atoms with Gasteiger partial charge in [-0.05, 0) is 23.3 Å². The number of benzene rings is 3. The number of hydrogen-bond acceptors (Lipinski definition) is 1. The molecule has 1 unspecified atom stereocenters. The number of H-pyrrole nitrogens is 1. The van der Waals surface area contributed by atoms with Crippen molar-refractivity contribution < 1.29 is 5.11 Å². The Bertz CT molecular complexity index is 924. The standard InChI is InChI=1S/C20H17NO/c22-13-18(14-6-2-1-3-7-14)15-10-11-17-16-8-4-5-9-19(16)21-20(17)12-15/h1-12,18,21-22H,13H2. The zero-order chi connectivity index (χ0) is 14.9. The average molecular weight is 287 g/mol. The van der Waals surface area contributed by atoms with Crippen LogP contribution in [0.5, 0.6) is 0 Å². The van der Waals surface area contributed by atoms with Crippen LogP contribution in [0, 0.1) is 0 Å². The fourth-order valence-corrected chi connectivity index (χ4v) is 3.18. The van der Waals surface area contributed by atoms with Crippen molar-refractivity contribution in [3.05, 3.63) is 83.9 Å². The maximum Gasteiger partial charge on any atom is 0.0540 e. The first-order valence-corrected chi connectivity index (χ1v) is 7.53. The van der Waals surface area contributed by atoms with Crippen molar-refractivity contribution in [2.75, 3.05) is 6.61 Å². The molecule has 0 aliphatic carbocycles. The summed E-state index contributed by atoms with van der Waals surface area (Å²) in [6, 6.07) is 24.9. The zero-order valence-corrected chi connectivity index (χ0v) is 12.2. The summed E-state index contributed by atoms with van der Waals surface area (Å²) in [5.74, 6) is 0.0111. The third kappa shape index (κ3) is 2.09. The number of hydrogen-bond donors (Lipinski definition) is 2. The van der Waals surface area contributed by atoms with Crippen LogP contribution in [0.2, 0.25) is 0 Å². The molecule has 0 aliphatic heterocycles. The molecule has 0 bridgehead atoms. The molecule has 2 N–H and O–H groups in total. The van der Waals surface area contributed by atoms with E-state index in [0.29, 0.717) is 0 Å². The highest BCUT2D eigenvalue weighted by Gasteiger charge is 2.14. The number of fused-ring (bicyclic) bond motifs is 3. The molecular weight excluding hydrogens is 270 g/mol. The summed E-state index contributed by atoms with van der Waals surface area (Å²) in [6.07, 6.45) is 0. The van der Waals surface area contributed by atoms with E-state index in [4.69, 9.17) is 0 Å². The monoisotopic (exact) mass is 287 g/mol. The molecule has 0 spiro atoms. The number of rotatable bonds is 3. The first-order valence-electron chi connectivity index (χ1n) is 7.53. The molecule has 1 atom stereocenters. The Morgan fingerprint density at radius 1 is 0.727 bits per heavy atom. The predicted molar refractivity (Wildman–Crippen MR) is 91.2 cm³/mol. The van der Waals surface area contributed by atoms with E-state index in [2.05, 4.69) is 53.5 Å². The summed E-state index contributed by atoms with van der Waals surface area (Å²) < 4.78 is 0. The van der Waals surface area contributed by atoms with E-state index in [9.17, 15) is 5.11 Å². The molecule has 3 aromatic carbocycles. The van der Waals surface area contributed by atoms with E-state index in [1.165, 1.54) is 10.8 Å². The van der Waals surface area contributed by atoms with Crippen LogP contribution in [0.4, 0.5) is 0 Å². The van der Waals surface area contributed by atoms with Gasteiger partial charge in [-0.25, -0.2) is 0 Å². The Kier molecular flexibility index (Phi) is 3.17. The topological polar surface area (TPSA) is 36.0 Å². The lowest BCUT2D eigenvalue weighted by atomic mass is 9.91. The fraction of sp³-hybridized carbons (Fsp3) is 0.100. The maximum absolute atomic E-state index is 9.83. The van der Waals surface area contributed by atoms with Gasteiger partial charge in [-0.1, -0.05) is 60.7 Å². The lowest BCUT2D eigenvalue weighted by Gasteiger charge is -2.15. The van der Waals surface area contributed by atoms with Gasteiger partial charge >= 0.3 is 0 Å². The van der Waals surface area contributed by atoms with Crippen molar-refractivity contribution in [2.45, 2.75) is 5.92 Å². The summed E-state index contributed by atoms with van der Waals surface area (Å²) in [6.45, 7) is 0.107. The van der Waals surface area contributed by atoms with Crippen molar-refractivity contribution in [2.24, 2.45) is 0 Å². The van der Waals surface area contributed by atoms with Gasteiger partial charge in [-0.15, -0.1) is 0 Å². The number of aliphatic hydroxyl groups is 1. The highest BCUT2D eigenvalue weighted by molar-refractivity contribution is 6.07. The first kappa shape index (κ1) is 13.1. The second-order valence-corrected chi connectivity index (χ2v) is 5.62. The Labute approximate surface area is 129 Å². The van der Waals surface area contributed by atoms with Crippen LogP contribution < -0.4 is 0 Å². The van der Waals surface area contributed by atoms with E-state index in [0.717, 1.165) is 22.2 Å². The molecule has 4 aromatic rings. The molecule has 0 radical (unpaired) electrons. The van der Waals surface area contributed by atoms with Gasteiger partial charge in [-0.3, -0.25) is 0 Å². The quantitative estimate of drug-likeness (QED) is 0.574. The Hall–Kier alpha value is -2.58. The normalized spacial score (nSPS) is 12.8. The van der Waals surface area contributed by atoms with Crippen LogP contribution in [-0.4, -0.2) is 16.7 Å². The van der Waals surface area contributed by atoms with Crippen molar-refractivity contribution in [3.8, 4) is 0 Å². The highest BCUT2D eigenvalue weighted by atomic mass is 16.3. The Balaban J connectivity index is 1.86. The van der Waals surface area contributed by atoms with Crippen LogP contribution in [-0.2, 0) is 0 Å². The van der Waals surface area contributed by atoms with Crippen LogP contribution in [0.3, 0.4) is 0 Å². The van der Waals surface area contributed by atoms with E-state index in [1.54, 1.807) is 0 Å². The highest BCUT2D eigenvalue weighted by Crippen LogP contribution is 2.30. The average Bonchev–Trinajstić information content (AvgIpc) is 2.94. The van der Waals surface area contributed by atoms with Gasteiger partial charge in [-0.2, -0.15) is 0 Å². The molecule has 0 saturated carbocycles. The lowest BCUT2D eigenvalue weighted by molar-refractivity contribution is 0.280. The molecule has 0 amide bonds. The molecule has 0 saturated heterocycles. The Morgan fingerprint density at radius 3 is 2.27 bits per heavy atom. The molecule has 1 aromatic heterocycles. The number of nitrogens with one attached hydrogen (secondary N) is 1. The molecule has 0 aliphatic rings. The summed E-state index contributed by atoms with van der Waals surface area (Å²) in [5.41, 5.74) is 4.54. The van der Waals surface area contributed by atoms with Gasteiger partial charge < -0.3 is 10.1 Å². The van der Waals surface area contributed by atoms with E-state index < -0.39 is 0 Å². The van der Waals surface area contributed by atoms with Gasteiger partial charge in [0.2, 0.25) is 0 Å². The summed E-state index contributed by atoms with van der Waals surface area (Å²) in [4.78, 5) is 3.47. The molecule has 1 heterocycles. The van der Waals surface area contributed by atoms with Gasteiger partial charge in [0, 0.05) is 27.7 Å². The van der Waals surface area contributed by atoms with Crippen LogP contribution in [0.15, 0.2) is 72.8 Å². The minimum atomic E-state index is 0.0111. The molecule has 22 heavy (non-hydrogen) atoms. The Morgan fingerprint density at radius 2 is 1.45 bits per heavy atom. The lowest BCUT2D eigenvalue weighted by Crippen LogP contribution is -2.05. The summed E-state index contributed by atoms with van der Waals surface area (Å²) in [5, 5.41) is 12.3. The molecule has 2 heteroatoms. The number of para-hydroxylation sites is 1. The second-order valence-electron chi connectivity index (χ2n) is 5.62. The minimum absolute atomic E-state index is 0.0111. The smallest absolute Gasteiger partial charge is 0.0540 e. The van der Waals surface area contributed by atoms with E-state index in [1.807, 2.05) is 24.3 Å². The predicted octanol–water partition coefficient (Wildman–Crippen LogP) is 4.45. The third-order valence-corrected chi connectivity index (χ3v) is 4.32. The number of aromatic amines is 1. The van der Waals surface area contributed by atoms with E-state index in [-0.39, 0.29) is 12.5 Å². The molecule has 4 rings (SSSR count). The van der Waals surface area contributed by atoms with E-state index >= 15 is 0 Å². The van der Waals surface area contributed by atoms with Crippen LogP contribution in [0.1, 0.15) is 17.0 Å². The first-order chi connectivity index (χ1) is 10.9. The minimum Gasteiger partial charge on any atom is -0.395 e. The molecule has 2 nitrogen and oxygen atoms in total. The molecule has 108 valence electrons. The zero-order valence-electron chi connectivity index (χ0n) is 12.2. The van der Waals surface area contributed by atoms with Gasteiger partial charge in [0.25, 0.3) is 0 Å². The maximum atomic E-state index is 9.83. The summed E-state index contributed by atoms with van der Waals surface area (Å²) >= 11 is 0. The second kappa shape index (κ2) is 5.32. The SMILES string of the molecule is OCC(c1ccccc1)c1ccc2c(c1)[nH]c1ccccc12. The fourth-order valence-electron chi connectivity index (χ4n) is 3.18. The third-order valence-electron chi connectivity index (χ3n) is 4.32. The summed E-state index contributed by atoms with van der Waals surface area (Å²) in [7, 11) is 0. The molecular formula is C20H17NO. The van der Waals surface area contributed by atoms with Gasteiger partial charge in [0.1, 0.15) is 0 Å². The van der Waals surface area contributed by atoms with Crippen molar-refractivity contribution >= 4 is 21.8 Å². The number of aliphatic hydroxyl groups excluding tert-OH is 1. The van der Waals surface area contributed by atoms with Crippen molar-refractivity contribution in [1.82, 2.24) is 4.98 Å². The van der Waals surface area contributed by atoms with Crippen LogP contribution in [0.25, 0.3) is 21.8 Å². The van der Waals surface area contributed by atoms with Gasteiger partial charge in [0.15, 0.2) is 0 Å².